The summed E-state index contributed by atoms with van der Waals surface area (Å²) >= 11 is 1.40. The van der Waals surface area contributed by atoms with Crippen LogP contribution in [0.3, 0.4) is 0 Å². The van der Waals surface area contributed by atoms with Crippen molar-refractivity contribution >= 4 is 23.4 Å². The SMILES string of the molecule is CSc1ccc([N+](=O)[O-])c(C(=O)N2CCC(Oc3ccc(F)cc3F)CC2)c1. The Morgan fingerprint density at radius 2 is 1.93 bits per heavy atom. The van der Waals surface area contributed by atoms with Crippen LogP contribution in [-0.4, -0.2) is 41.2 Å². The maximum absolute atomic E-state index is 13.7. The van der Waals surface area contributed by atoms with Gasteiger partial charge in [-0.3, -0.25) is 14.9 Å². The smallest absolute Gasteiger partial charge is 0.282 e. The lowest BCUT2D eigenvalue weighted by Gasteiger charge is -2.32. The maximum Gasteiger partial charge on any atom is 0.282 e. The molecule has 2 aromatic rings. The molecule has 1 heterocycles. The van der Waals surface area contributed by atoms with E-state index >= 15 is 0 Å². The summed E-state index contributed by atoms with van der Waals surface area (Å²) in [5.74, 6) is -1.90. The Labute approximate surface area is 164 Å². The van der Waals surface area contributed by atoms with E-state index in [1.54, 1.807) is 6.07 Å². The molecule has 6 nitrogen and oxygen atoms in total. The zero-order valence-electron chi connectivity index (χ0n) is 15.1. The molecule has 0 saturated carbocycles. The molecule has 148 valence electrons. The molecule has 1 amide bonds. The molecule has 1 saturated heterocycles. The lowest BCUT2D eigenvalue weighted by molar-refractivity contribution is -0.385. The minimum absolute atomic E-state index is 0.0329. The van der Waals surface area contributed by atoms with Gasteiger partial charge in [0, 0.05) is 43.0 Å². The van der Waals surface area contributed by atoms with Crippen molar-refractivity contribution in [3.8, 4) is 5.75 Å². The number of nitro groups is 1. The van der Waals surface area contributed by atoms with E-state index in [-0.39, 0.29) is 23.1 Å². The van der Waals surface area contributed by atoms with Crippen molar-refractivity contribution in [2.24, 2.45) is 0 Å². The van der Waals surface area contributed by atoms with E-state index in [1.807, 2.05) is 6.26 Å². The van der Waals surface area contributed by atoms with Crippen molar-refractivity contribution in [3.05, 3.63) is 63.7 Å². The molecule has 0 spiro atoms. The highest BCUT2D eigenvalue weighted by atomic mass is 32.2. The largest absolute Gasteiger partial charge is 0.487 e. The van der Waals surface area contributed by atoms with Crippen LogP contribution in [0.4, 0.5) is 14.5 Å². The van der Waals surface area contributed by atoms with Gasteiger partial charge in [0.25, 0.3) is 11.6 Å². The summed E-state index contributed by atoms with van der Waals surface area (Å²) in [6, 6.07) is 7.59. The molecule has 0 unspecified atom stereocenters. The van der Waals surface area contributed by atoms with Crippen LogP contribution in [0.15, 0.2) is 41.3 Å². The molecule has 2 aromatic carbocycles. The summed E-state index contributed by atoms with van der Waals surface area (Å²) in [6.45, 7) is 0.653. The highest BCUT2D eigenvalue weighted by Crippen LogP contribution is 2.28. The molecule has 28 heavy (non-hydrogen) atoms. The van der Waals surface area contributed by atoms with Gasteiger partial charge in [-0.15, -0.1) is 11.8 Å². The van der Waals surface area contributed by atoms with Crippen LogP contribution in [0.5, 0.6) is 5.75 Å². The van der Waals surface area contributed by atoms with E-state index in [0.717, 1.165) is 17.0 Å². The first-order valence-corrected chi connectivity index (χ1v) is 9.85. The summed E-state index contributed by atoms with van der Waals surface area (Å²) < 4.78 is 32.3. The number of ether oxygens (including phenoxy) is 1. The molecular weight excluding hydrogens is 390 g/mol. The number of thioether (sulfide) groups is 1. The summed E-state index contributed by atoms with van der Waals surface area (Å²) in [5.41, 5.74) is -0.171. The molecule has 0 atom stereocenters. The van der Waals surface area contributed by atoms with Gasteiger partial charge in [0.05, 0.1) is 4.92 Å². The molecular formula is C19H18F2N2O4S. The first kappa shape index (κ1) is 20.1. The molecule has 0 aromatic heterocycles. The fraction of sp³-hybridized carbons (Fsp3) is 0.316. The van der Waals surface area contributed by atoms with Gasteiger partial charge in [0.2, 0.25) is 0 Å². The molecule has 1 aliphatic heterocycles. The number of rotatable bonds is 5. The number of likely N-dealkylation sites (tertiary alicyclic amines) is 1. The van der Waals surface area contributed by atoms with Crippen molar-refractivity contribution in [1.29, 1.82) is 0 Å². The molecule has 3 rings (SSSR count). The summed E-state index contributed by atoms with van der Waals surface area (Å²) in [4.78, 5) is 25.8. The molecule has 9 heteroatoms. The number of carbonyl (C=O) groups is 1. The monoisotopic (exact) mass is 408 g/mol. The highest BCUT2D eigenvalue weighted by molar-refractivity contribution is 7.98. The third-order valence-corrected chi connectivity index (χ3v) is 5.27. The number of nitrogens with zero attached hydrogens (tertiary/aromatic N) is 2. The van der Waals surface area contributed by atoms with Crippen molar-refractivity contribution in [2.75, 3.05) is 19.3 Å². The second-order valence-electron chi connectivity index (χ2n) is 6.32. The van der Waals surface area contributed by atoms with E-state index in [0.29, 0.717) is 25.9 Å². The third kappa shape index (κ3) is 4.41. The minimum atomic E-state index is -0.775. The van der Waals surface area contributed by atoms with Crippen molar-refractivity contribution in [1.82, 2.24) is 4.90 Å². The number of hydrogen-bond donors (Lipinski definition) is 0. The van der Waals surface area contributed by atoms with Gasteiger partial charge in [0.15, 0.2) is 11.6 Å². The van der Waals surface area contributed by atoms with Crippen LogP contribution >= 0.6 is 11.8 Å². The molecule has 0 bridgehead atoms. The first-order chi connectivity index (χ1) is 13.4. The average Bonchev–Trinajstić information content (AvgIpc) is 2.69. The predicted octanol–water partition coefficient (Wildman–Crippen LogP) is 4.28. The van der Waals surface area contributed by atoms with Crippen LogP contribution in [-0.2, 0) is 0 Å². The Morgan fingerprint density at radius 3 is 2.54 bits per heavy atom. The molecule has 0 N–H and O–H groups in total. The van der Waals surface area contributed by atoms with Crippen LogP contribution in [0.2, 0.25) is 0 Å². The number of nitro benzene ring substituents is 1. The van der Waals surface area contributed by atoms with Crippen LogP contribution in [0, 0.1) is 21.7 Å². The summed E-state index contributed by atoms with van der Waals surface area (Å²) in [5, 5.41) is 11.3. The fourth-order valence-electron chi connectivity index (χ4n) is 3.07. The zero-order valence-corrected chi connectivity index (χ0v) is 15.9. The normalized spacial score (nSPS) is 14.8. The summed E-state index contributed by atoms with van der Waals surface area (Å²) in [7, 11) is 0. The Hall–Kier alpha value is -2.68. The number of piperidine rings is 1. The second kappa shape index (κ2) is 8.55. The quantitative estimate of drug-likeness (QED) is 0.420. The summed E-state index contributed by atoms with van der Waals surface area (Å²) in [6.07, 6.45) is 2.39. The Balaban J connectivity index is 1.68. The van der Waals surface area contributed by atoms with Crippen molar-refractivity contribution < 1.29 is 23.2 Å². The zero-order chi connectivity index (χ0) is 20.3. The van der Waals surface area contributed by atoms with Gasteiger partial charge in [0.1, 0.15) is 17.5 Å². The first-order valence-electron chi connectivity index (χ1n) is 8.62. The van der Waals surface area contributed by atoms with E-state index < -0.39 is 22.5 Å². The molecule has 1 aliphatic rings. The molecule has 0 radical (unpaired) electrons. The van der Waals surface area contributed by atoms with Gasteiger partial charge in [-0.05, 0) is 30.5 Å². The van der Waals surface area contributed by atoms with Crippen molar-refractivity contribution in [3.63, 3.8) is 0 Å². The van der Waals surface area contributed by atoms with Gasteiger partial charge < -0.3 is 9.64 Å². The number of carbonyl (C=O) groups excluding carboxylic acids is 1. The number of benzene rings is 2. The Kier molecular flexibility index (Phi) is 6.13. The topological polar surface area (TPSA) is 72.7 Å². The Bertz CT molecular complexity index is 901. The van der Waals surface area contributed by atoms with E-state index in [2.05, 4.69) is 0 Å². The Morgan fingerprint density at radius 1 is 1.21 bits per heavy atom. The van der Waals surface area contributed by atoms with E-state index in [9.17, 15) is 23.7 Å². The second-order valence-corrected chi connectivity index (χ2v) is 7.20. The lowest BCUT2D eigenvalue weighted by atomic mass is 10.1. The number of amides is 1. The highest BCUT2D eigenvalue weighted by Gasteiger charge is 2.29. The average molecular weight is 408 g/mol. The van der Waals surface area contributed by atoms with Crippen LogP contribution in [0.25, 0.3) is 0 Å². The van der Waals surface area contributed by atoms with E-state index in [1.165, 1.54) is 34.9 Å². The molecule has 1 fully saturated rings. The third-order valence-electron chi connectivity index (χ3n) is 4.55. The number of halogens is 2. The molecule has 0 aliphatic carbocycles. The predicted molar refractivity (Wildman–Crippen MR) is 101 cm³/mol. The van der Waals surface area contributed by atoms with Crippen LogP contribution < -0.4 is 4.74 Å². The maximum atomic E-state index is 13.7. The minimum Gasteiger partial charge on any atom is -0.487 e. The van der Waals surface area contributed by atoms with Crippen LogP contribution in [0.1, 0.15) is 23.2 Å². The van der Waals surface area contributed by atoms with Gasteiger partial charge in [-0.25, -0.2) is 8.78 Å². The lowest BCUT2D eigenvalue weighted by Crippen LogP contribution is -2.42. The fourth-order valence-corrected chi connectivity index (χ4v) is 3.51. The number of hydrogen-bond acceptors (Lipinski definition) is 5. The van der Waals surface area contributed by atoms with E-state index in [4.69, 9.17) is 4.74 Å². The standard InChI is InChI=1S/C19H18F2N2O4S/c1-28-14-3-4-17(23(25)26)15(11-14)19(24)22-8-6-13(7-9-22)27-18-5-2-12(20)10-16(18)21/h2-5,10-11,13H,6-9H2,1H3. The van der Waals surface area contributed by atoms with Gasteiger partial charge in [-0.1, -0.05) is 0 Å². The van der Waals surface area contributed by atoms with Gasteiger partial charge >= 0.3 is 0 Å². The van der Waals surface area contributed by atoms with Crippen molar-refractivity contribution in [2.45, 2.75) is 23.8 Å². The van der Waals surface area contributed by atoms with Gasteiger partial charge in [-0.2, -0.15) is 0 Å².